The highest BCUT2D eigenvalue weighted by atomic mass is 32.1. The molecule has 0 radical (unpaired) electrons. The van der Waals surface area contributed by atoms with E-state index in [9.17, 15) is 0 Å². The van der Waals surface area contributed by atoms with Crippen LogP contribution >= 0.6 is 11.5 Å². The third-order valence-corrected chi connectivity index (χ3v) is 3.11. The van der Waals surface area contributed by atoms with Crippen LogP contribution < -0.4 is 10.1 Å². The van der Waals surface area contributed by atoms with Crippen LogP contribution in [0.25, 0.3) is 0 Å². The largest absolute Gasteiger partial charge is 0.478 e. The zero-order valence-corrected chi connectivity index (χ0v) is 10.9. The predicted octanol–water partition coefficient (Wildman–Crippen LogP) is 2.86. The van der Waals surface area contributed by atoms with Crippen molar-refractivity contribution in [2.24, 2.45) is 0 Å². The first kappa shape index (κ1) is 12.3. The van der Waals surface area contributed by atoms with Crippen molar-refractivity contribution in [1.82, 2.24) is 9.36 Å². The standard InChI is InChI=1S/C12H12N4OS/c1-3-17-11-5-4-9(7-14-11)15-12-10(6-13)8(2)16-18-12/h4-5,7,15H,3H2,1-2H3. The Morgan fingerprint density at radius 3 is 2.94 bits per heavy atom. The van der Waals surface area contributed by atoms with E-state index in [1.165, 1.54) is 11.5 Å². The molecule has 0 spiro atoms. The summed E-state index contributed by atoms with van der Waals surface area (Å²) in [5.74, 6) is 0.587. The van der Waals surface area contributed by atoms with Crippen LogP contribution in [0.1, 0.15) is 18.2 Å². The second kappa shape index (κ2) is 5.47. The van der Waals surface area contributed by atoms with Crippen molar-refractivity contribution >= 4 is 22.2 Å². The Kier molecular flexibility index (Phi) is 3.75. The first-order valence-corrected chi connectivity index (χ1v) is 6.24. The monoisotopic (exact) mass is 260 g/mol. The molecule has 0 amide bonds. The second-order valence-corrected chi connectivity index (χ2v) is 4.30. The van der Waals surface area contributed by atoms with Gasteiger partial charge in [-0.15, -0.1) is 0 Å². The molecule has 0 bridgehead atoms. The maximum absolute atomic E-state index is 9.02. The summed E-state index contributed by atoms with van der Waals surface area (Å²) in [7, 11) is 0. The van der Waals surface area contributed by atoms with Crippen LogP contribution in [0.2, 0.25) is 0 Å². The summed E-state index contributed by atoms with van der Waals surface area (Å²) in [6, 6.07) is 5.77. The summed E-state index contributed by atoms with van der Waals surface area (Å²) in [5, 5.41) is 12.9. The Bertz CT molecular complexity index is 571. The minimum Gasteiger partial charge on any atom is -0.478 e. The van der Waals surface area contributed by atoms with Gasteiger partial charge in [0.05, 0.1) is 24.2 Å². The minimum absolute atomic E-state index is 0.578. The van der Waals surface area contributed by atoms with Gasteiger partial charge in [0.25, 0.3) is 0 Å². The smallest absolute Gasteiger partial charge is 0.213 e. The van der Waals surface area contributed by atoms with Gasteiger partial charge in [-0.2, -0.15) is 9.64 Å². The summed E-state index contributed by atoms with van der Waals surface area (Å²) in [5.41, 5.74) is 2.12. The Morgan fingerprint density at radius 1 is 1.50 bits per heavy atom. The molecule has 2 rings (SSSR count). The van der Waals surface area contributed by atoms with Crippen LogP contribution in [-0.2, 0) is 0 Å². The van der Waals surface area contributed by atoms with Crippen molar-refractivity contribution in [3.8, 4) is 11.9 Å². The second-order valence-electron chi connectivity index (χ2n) is 3.53. The summed E-state index contributed by atoms with van der Waals surface area (Å²) < 4.78 is 9.40. The Labute approximate surface area is 109 Å². The molecule has 2 heterocycles. The van der Waals surface area contributed by atoms with Gasteiger partial charge in [0.15, 0.2) is 0 Å². The van der Waals surface area contributed by atoms with Gasteiger partial charge >= 0.3 is 0 Å². The van der Waals surface area contributed by atoms with Crippen LogP contribution in [-0.4, -0.2) is 16.0 Å². The number of nitrogens with one attached hydrogen (secondary N) is 1. The average Bonchev–Trinajstić information content (AvgIpc) is 2.72. The molecule has 0 atom stereocenters. The lowest BCUT2D eigenvalue weighted by molar-refractivity contribution is 0.327. The molecular weight excluding hydrogens is 248 g/mol. The van der Waals surface area contributed by atoms with E-state index in [2.05, 4.69) is 20.7 Å². The van der Waals surface area contributed by atoms with E-state index < -0.39 is 0 Å². The normalized spacial score (nSPS) is 9.83. The number of rotatable bonds is 4. The molecule has 5 nitrogen and oxygen atoms in total. The maximum atomic E-state index is 9.02. The highest BCUT2D eigenvalue weighted by Crippen LogP contribution is 2.27. The first-order valence-electron chi connectivity index (χ1n) is 5.46. The van der Waals surface area contributed by atoms with E-state index in [-0.39, 0.29) is 0 Å². The molecule has 0 aliphatic heterocycles. The molecule has 0 unspecified atom stereocenters. The van der Waals surface area contributed by atoms with Crippen molar-refractivity contribution in [3.05, 3.63) is 29.6 Å². The summed E-state index contributed by atoms with van der Waals surface area (Å²) >= 11 is 1.27. The van der Waals surface area contributed by atoms with Crippen molar-refractivity contribution in [3.63, 3.8) is 0 Å². The lowest BCUT2D eigenvalue weighted by Crippen LogP contribution is -1.95. The molecule has 2 aromatic rings. The summed E-state index contributed by atoms with van der Waals surface area (Å²) in [6.45, 7) is 4.32. The number of hydrogen-bond donors (Lipinski definition) is 1. The Morgan fingerprint density at radius 2 is 2.33 bits per heavy atom. The van der Waals surface area contributed by atoms with E-state index in [1.54, 1.807) is 12.3 Å². The fourth-order valence-corrected chi connectivity index (χ4v) is 2.17. The van der Waals surface area contributed by atoms with Crippen LogP contribution in [0, 0.1) is 18.3 Å². The minimum atomic E-state index is 0.578. The highest BCUT2D eigenvalue weighted by molar-refractivity contribution is 7.10. The molecule has 6 heteroatoms. The highest BCUT2D eigenvalue weighted by Gasteiger charge is 2.10. The van der Waals surface area contributed by atoms with Gasteiger partial charge in [0.1, 0.15) is 16.6 Å². The van der Waals surface area contributed by atoms with Gasteiger partial charge in [-0.05, 0) is 31.4 Å². The van der Waals surface area contributed by atoms with Crippen molar-refractivity contribution in [1.29, 1.82) is 5.26 Å². The van der Waals surface area contributed by atoms with Crippen LogP contribution in [0.5, 0.6) is 5.88 Å². The molecule has 92 valence electrons. The molecule has 0 aliphatic carbocycles. The molecule has 1 N–H and O–H groups in total. The van der Waals surface area contributed by atoms with Gasteiger partial charge in [-0.25, -0.2) is 4.98 Å². The number of nitriles is 1. The molecule has 0 saturated carbocycles. The molecular formula is C12H12N4OS. The summed E-state index contributed by atoms with van der Waals surface area (Å²) in [6.07, 6.45) is 1.67. The molecule has 0 saturated heterocycles. The number of pyridine rings is 1. The third kappa shape index (κ3) is 2.57. The van der Waals surface area contributed by atoms with Gasteiger partial charge in [0.2, 0.25) is 5.88 Å². The molecule has 0 aliphatic rings. The van der Waals surface area contributed by atoms with Crippen LogP contribution in [0.15, 0.2) is 18.3 Å². The number of nitrogens with zero attached hydrogens (tertiary/aromatic N) is 3. The fraction of sp³-hybridized carbons (Fsp3) is 0.250. The quantitative estimate of drug-likeness (QED) is 0.915. The zero-order chi connectivity index (χ0) is 13.0. The molecule has 2 aromatic heterocycles. The zero-order valence-electron chi connectivity index (χ0n) is 10.1. The van der Waals surface area contributed by atoms with Crippen LogP contribution in [0.4, 0.5) is 10.7 Å². The van der Waals surface area contributed by atoms with E-state index >= 15 is 0 Å². The van der Waals surface area contributed by atoms with Gasteiger partial charge in [-0.3, -0.25) is 0 Å². The van der Waals surface area contributed by atoms with Crippen molar-refractivity contribution < 1.29 is 4.74 Å². The lowest BCUT2D eigenvalue weighted by atomic mass is 10.3. The van der Waals surface area contributed by atoms with E-state index in [1.807, 2.05) is 19.9 Å². The van der Waals surface area contributed by atoms with Gasteiger partial charge in [-0.1, -0.05) is 0 Å². The number of aryl methyl sites for hydroxylation is 1. The van der Waals surface area contributed by atoms with Gasteiger partial charge in [0, 0.05) is 6.07 Å². The fourth-order valence-electron chi connectivity index (χ4n) is 1.41. The Balaban J connectivity index is 2.16. The summed E-state index contributed by atoms with van der Waals surface area (Å²) in [4.78, 5) is 4.14. The van der Waals surface area contributed by atoms with E-state index in [4.69, 9.17) is 10.00 Å². The van der Waals surface area contributed by atoms with Crippen molar-refractivity contribution in [2.75, 3.05) is 11.9 Å². The number of anilines is 2. The first-order chi connectivity index (χ1) is 8.74. The number of ether oxygens (including phenoxy) is 1. The molecule has 0 aromatic carbocycles. The topological polar surface area (TPSA) is 70.8 Å². The molecule has 0 fully saturated rings. The van der Waals surface area contributed by atoms with Crippen molar-refractivity contribution in [2.45, 2.75) is 13.8 Å². The van der Waals surface area contributed by atoms with Gasteiger partial charge < -0.3 is 10.1 Å². The number of hydrogen-bond acceptors (Lipinski definition) is 6. The average molecular weight is 260 g/mol. The van der Waals surface area contributed by atoms with Crippen LogP contribution in [0.3, 0.4) is 0 Å². The predicted molar refractivity (Wildman–Crippen MR) is 70.3 cm³/mol. The Hall–Kier alpha value is -2.13. The lowest BCUT2D eigenvalue weighted by Gasteiger charge is -2.05. The SMILES string of the molecule is CCOc1ccc(Nc2snc(C)c2C#N)cn1. The maximum Gasteiger partial charge on any atom is 0.213 e. The van der Waals surface area contributed by atoms with E-state index in [0.717, 1.165) is 16.4 Å². The third-order valence-electron chi connectivity index (χ3n) is 2.26. The van der Waals surface area contributed by atoms with E-state index in [0.29, 0.717) is 18.1 Å². The molecule has 18 heavy (non-hydrogen) atoms. The number of aromatic nitrogens is 2.